The molecule has 2 aliphatic rings. The Morgan fingerprint density at radius 3 is 2.48 bits per heavy atom. The number of hydrogen-bond acceptors (Lipinski definition) is 4. The highest BCUT2D eigenvalue weighted by atomic mass is 35.5. The van der Waals surface area contributed by atoms with Gasteiger partial charge in [0, 0.05) is 38.8 Å². The van der Waals surface area contributed by atoms with Gasteiger partial charge in [-0.3, -0.25) is 9.69 Å². The number of nitrogens with two attached hydrogens (primary N) is 1. The highest BCUT2D eigenvalue weighted by Crippen LogP contribution is 2.34. The Morgan fingerprint density at radius 1 is 1.29 bits per heavy atom. The Balaban J connectivity index is 0.00000200. The van der Waals surface area contributed by atoms with Crippen molar-refractivity contribution in [3.05, 3.63) is 0 Å². The lowest BCUT2D eigenvalue weighted by Crippen LogP contribution is -2.58. The second kappa shape index (κ2) is 9.16. The van der Waals surface area contributed by atoms with Gasteiger partial charge in [-0.25, -0.2) is 0 Å². The van der Waals surface area contributed by atoms with Crippen molar-refractivity contribution in [1.82, 2.24) is 9.80 Å². The van der Waals surface area contributed by atoms with Crippen LogP contribution in [0.2, 0.25) is 0 Å². The largest absolute Gasteiger partial charge is 0.380 e. The summed E-state index contributed by atoms with van der Waals surface area (Å²) in [5, 5.41) is 0. The Labute approximate surface area is 140 Å². The van der Waals surface area contributed by atoms with Crippen LogP contribution in [0.15, 0.2) is 0 Å². The Kier molecular flexibility index (Phi) is 9.12. The molecule has 1 atom stereocenters. The predicted octanol–water partition coefficient (Wildman–Crippen LogP) is 1.28. The van der Waals surface area contributed by atoms with Gasteiger partial charge in [0.1, 0.15) is 0 Å². The topological polar surface area (TPSA) is 58.8 Å². The first-order chi connectivity index (χ1) is 9.10. The number of hydrogen-bond donors (Lipinski definition) is 1. The van der Waals surface area contributed by atoms with Crippen LogP contribution in [-0.4, -0.2) is 66.7 Å². The molecule has 2 fully saturated rings. The fourth-order valence-corrected chi connectivity index (χ4v) is 2.75. The zero-order chi connectivity index (χ0) is 13.9. The first-order valence-electron chi connectivity index (χ1n) is 7.50. The predicted molar refractivity (Wildman–Crippen MR) is 89.4 cm³/mol. The second-order valence-corrected chi connectivity index (χ2v) is 5.70. The summed E-state index contributed by atoms with van der Waals surface area (Å²) in [5.41, 5.74) is 5.49. The van der Waals surface area contributed by atoms with E-state index in [0.717, 1.165) is 58.7 Å². The van der Waals surface area contributed by atoms with E-state index in [4.69, 9.17) is 10.5 Å². The van der Waals surface area contributed by atoms with Gasteiger partial charge in [-0.05, 0) is 26.2 Å². The van der Waals surface area contributed by atoms with E-state index in [0.29, 0.717) is 6.04 Å². The molecule has 1 saturated heterocycles. The van der Waals surface area contributed by atoms with Crippen LogP contribution in [0.1, 0.15) is 33.1 Å². The number of carbonyl (C=O) groups excluding carboxylic acids is 1. The minimum atomic E-state index is -0.522. The molecule has 1 saturated carbocycles. The van der Waals surface area contributed by atoms with Crippen molar-refractivity contribution in [1.29, 1.82) is 0 Å². The summed E-state index contributed by atoms with van der Waals surface area (Å²) in [6.07, 6.45) is 2.77. The molecule has 126 valence electrons. The summed E-state index contributed by atoms with van der Waals surface area (Å²) in [4.78, 5) is 16.7. The maximum absolute atomic E-state index is 12.3. The van der Waals surface area contributed by atoms with Gasteiger partial charge in [0.05, 0.1) is 12.1 Å². The minimum absolute atomic E-state index is 0. The summed E-state index contributed by atoms with van der Waals surface area (Å²) in [7, 11) is 0. The van der Waals surface area contributed by atoms with E-state index < -0.39 is 5.54 Å². The van der Waals surface area contributed by atoms with Crippen LogP contribution in [0.5, 0.6) is 0 Å². The molecule has 5 nitrogen and oxygen atoms in total. The molecule has 0 aromatic carbocycles. The molecule has 2 rings (SSSR count). The minimum Gasteiger partial charge on any atom is -0.380 e. The molecule has 0 aromatic heterocycles. The molecular weight excluding hydrogens is 313 g/mol. The van der Waals surface area contributed by atoms with E-state index in [-0.39, 0.29) is 30.7 Å². The number of halogens is 2. The fourth-order valence-electron chi connectivity index (χ4n) is 2.75. The molecule has 1 aliphatic heterocycles. The van der Waals surface area contributed by atoms with Crippen molar-refractivity contribution in [3.8, 4) is 0 Å². The van der Waals surface area contributed by atoms with Gasteiger partial charge < -0.3 is 15.4 Å². The quantitative estimate of drug-likeness (QED) is 0.739. The molecule has 2 N–H and O–H groups in total. The van der Waals surface area contributed by atoms with Crippen molar-refractivity contribution < 1.29 is 9.53 Å². The van der Waals surface area contributed by atoms with Crippen molar-refractivity contribution in [2.24, 2.45) is 5.73 Å². The number of rotatable bonds is 6. The van der Waals surface area contributed by atoms with Gasteiger partial charge in [0.2, 0.25) is 5.91 Å². The van der Waals surface area contributed by atoms with Gasteiger partial charge in [0.15, 0.2) is 0 Å². The van der Waals surface area contributed by atoms with Crippen molar-refractivity contribution in [2.45, 2.75) is 44.7 Å². The average molecular weight is 342 g/mol. The number of amides is 1. The average Bonchev–Trinajstić information content (AvgIpc) is 3.17. The van der Waals surface area contributed by atoms with Gasteiger partial charge in [-0.1, -0.05) is 6.92 Å². The van der Waals surface area contributed by atoms with E-state index in [1.54, 1.807) is 0 Å². The van der Waals surface area contributed by atoms with Crippen LogP contribution in [0.3, 0.4) is 0 Å². The van der Waals surface area contributed by atoms with Gasteiger partial charge in [0.25, 0.3) is 0 Å². The Hall–Kier alpha value is -0.0700. The zero-order valence-corrected chi connectivity index (χ0v) is 14.7. The van der Waals surface area contributed by atoms with E-state index >= 15 is 0 Å². The van der Waals surface area contributed by atoms with E-state index in [2.05, 4.69) is 11.8 Å². The Bertz CT molecular complexity index is 327. The molecule has 7 heteroatoms. The van der Waals surface area contributed by atoms with E-state index in [1.807, 2.05) is 11.8 Å². The molecule has 0 bridgehead atoms. The van der Waals surface area contributed by atoms with E-state index in [1.165, 1.54) is 0 Å². The van der Waals surface area contributed by atoms with Crippen LogP contribution in [0, 0.1) is 0 Å². The van der Waals surface area contributed by atoms with E-state index in [9.17, 15) is 4.79 Å². The summed E-state index contributed by atoms with van der Waals surface area (Å²) in [6.45, 7) is 9.27. The van der Waals surface area contributed by atoms with Crippen molar-refractivity contribution >= 4 is 30.7 Å². The number of nitrogens with zero attached hydrogens (tertiary/aromatic N) is 2. The van der Waals surface area contributed by atoms with Crippen LogP contribution in [0.25, 0.3) is 0 Å². The van der Waals surface area contributed by atoms with Crippen LogP contribution < -0.4 is 5.73 Å². The number of carbonyl (C=O) groups is 1. The molecule has 1 heterocycles. The summed E-state index contributed by atoms with van der Waals surface area (Å²) in [6, 6.07) is 0.445. The third kappa shape index (κ3) is 5.25. The molecule has 0 spiro atoms. The van der Waals surface area contributed by atoms with Crippen molar-refractivity contribution in [3.63, 3.8) is 0 Å². The standard InChI is InChI=1S/C14H27N3O2.2ClH/c1-3-12-11-17(13(18)14(15)5-6-14)8-7-16(12)9-10-19-4-2;;/h12H,3-11,15H2,1-2H3;2*1H. The third-order valence-corrected chi connectivity index (χ3v) is 4.30. The lowest BCUT2D eigenvalue weighted by Gasteiger charge is -2.42. The molecule has 1 aliphatic carbocycles. The smallest absolute Gasteiger partial charge is 0.242 e. The van der Waals surface area contributed by atoms with Crippen LogP contribution in [0.4, 0.5) is 0 Å². The van der Waals surface area contributed by atoms with Crippen molar-refractivity contribution in [2.75, 3.05) is 39.4 Å². The van der Waals surface area contributed by atoms with Gasteiger partial charge >= 0.3 is 0 Å². The molecule has 0 radical (unpaired) electrons. The van der Waals surface area contributed by atoms with Crippen LogP contribution >= 0.6 is 24.8 Å². The molecule has 1 unspecified atom stereocenters. The summed E-state index contributed by atoms with van der Waals surface area (Å²) in [5.74, 6) is 0.162. The molecule has 0 aromatic rings. The van der Waals surface area contributed by atoms with Crippen LogP contribution in [-0.2, 0) is 9.53 Å². The van der Waals surface area contributed by atoms with Gasteiger partial charge in [-0.2, -0.15) is 0 Å². The third-order valence-electron chi connectivity index (χ3n) is 4.30. The first kappa shape index (κ1) is 20.9. The SMILES string of the molecule is CCOCCN1CCN(C(=O)C2(N)CC2)CC1CC.Cl.Cl. The second-order valence-electron chi connectivity index (χ2n) is 5.70. The first-order valence-corrected chi connectivity index (χ1v) is 7.50. The Morgan fingerprint density at radius 2 is 1.95 bits per heavy atom. The summed E-state index contributed by atoms with van der Waals surface area (Å²) >= 11 is 0. The fraction of sp³-hybridized carbons (Fsp3) is 0.929. The number of piperazine rings is 1. The molecule has 21 heavy (non-hydrogen) atoms. The zero-order valence-electron chi connectivity index (χ0n) is 13.0. The monoisotopic (exact) mass is 341 g/mol. The normalized spacial score (nSPS) is 24.0. The van der Waals surface area contributed by atoms with Gasteiger partial charge in [-0.15, -0.1) is 24.8 Å². The molecule has 1 amide bonds. The lowest BCUT2D eigenvalue weighted by atomic mass is 10.1. The highest BCUT2D eigenvalue weighted by molar-refractivity contribution is 5.89. The molecular formula is C14H29Cl2N3O2. The number of ether oxygens (including phenoxy) is 1. The maximum Gasteiger partial charge on any atom is 0.242 e. The maximum atomic E-state index is 12.3. The highest BCUT2D eigenvalue weighted by Gasteiger charge is 2.49. The summed E-state index contributed by atoms with van der Waals surface area (Å²) < 4.78 is 5.43. The lowest BCUT2D eigenvalue weighted by molar-refractivity contribution is -0.136.